The highest BCUT2D eigenvalue weighted by Gasteiger charge is 2.36. The predicted molar refractivity (Wildman–Crippen MR) is 122 cm³/mol. The fourth-order valence-corrected chi connectivity index (χ4v) is 6.71. The maximum Gasteiger partial charge on any atom is 0.244 e. The molecule has 0 aromatic heterocycles. The van der Waals surface area contributed by atoms with Gasteiger partial charge in [0.05, 0.1) is 10.3 Å². The van der Waals surface area contributed by atoms with Crippen LogP contribution in [0.5, 0.6) is 5.75 Å². The first kappa shape index (κ1) is 21.0. The van der Waals surface area contributed by atoms with Crippen LogP contribution in [0.25, 0.3) is 0 Å². The normalized spacial score (nSPS) is 17.2. The van der Waals surface area contributed by atoms with Crippen molar-refractivity contribution in [1.29, 1.82) is 0 Å². The summed E-state index contributed by atoms with van der Waals surface area (Å²) in [5, 5.41) is -0.218. The smallest absolute Gasteiger partial charge is 0.244 e. The number of thioether (sulfide) groups is 1. The van der Waals surface area contributed by atoms with E-state index in [0.29, 0.717) is 18.0 Å². The van der Waals surface area contributed by atoms with Crippen LogP contribution in [-0.2, 0) is 23.1 Å². The number of sulfonamides is 1. The molecule has 30 heavy (non-hydrogen) atoms. The highest BCUT2D eigenvalue weighted by atomic mass is 32.2. The van der Waals surface area contributed by atoms with Crippen molar-refractivity contribution in [2.45, 2.75) is 30.2 Å². The molecule has 1 saturated heterocycles. The van der Waals surface area contributed by atoms with Gasteiger partial charge >= 0.3 is 0 Å². The molecule has 1 atom stereocenters. The molecule has 0 radical (unpaired) electrons. The molecule has 0 aliphatic carbocycles. The molecule has 3 aromatic rings. The standard InChI is InChI=1S/C24H25NO3S2/c1-2-19-8-14-23(15-9-19)30(26,27)25-16-17-29-24(25)21-10-12-22(13-11-21)28-18-20-6-4-3-5-7-20/h3-15,24H,2,16-18H2,1H3/t24-/m1/s1. The Labute approximate surface area is 182 Å². The van der Waals surface area contributed by atoms with E-state index < -0.39 is 10.0 Å². The minimum atomic E-state index is -3.54. The minimum absolute atomic E-state index is 0.218. The molecule has 0 bridgehead atoms. The van der Waals surface area contributed by atoms with Gasteiger partial charge in [-0.25, -0.2) is 8.42 Å². The van der Waals surface area contributed by atoms with E-state index in [4.69, 9.17) is 4.74 Å². The van der Waals surface area contributed by atoms with E-state index in [1.807, 2.05) is 66.7 Å². The second-order valence-corrected chi connectivity index (χ2v) is 10.3. The van der Waals surface area contributed by atoms with Crippen LogP contribution < -0.4 is 4.74 Å². The quantitative estimate of drug-likeness (QED) is 0.503. The predicted octanol–water partition coefficient (Wildman–Crippen LogP) is 5.26. The largest absolute Gasteiger partial charge is 0.489 e. The van der Waals surface area contributed by atoms with Gasteiger partial charge < -0.3 is 4.74 Å². The average molecular weight is 440 g/mol. The topological polar surface area (TPSA) is 46.6 Å². The molecule has 4 rings (SSSR count). The maximum atomic E-state index is 13.2. The molecule has 0 amide bonds. The Morgan fingerprint density at radius 1 is 0.933 bits per heavy atom. The van der Waals surface area contributed by atoms with Gasteiger partial charge in [0, 0.05) is 12.3 Å². The van der Waals surface area contributed by atoms with Crippen LogP contribution in [0.3, 0.4) is 0 Å². The van der Waals surface area contributed by atoms with E-state index in [1.165, 1.54) is 0 Å². The summed E-state index contributed by atoms with van der Waals surface area (Å²) in [6.45, 7) is 3.08. The third-order valence-electron chi connectivity index (χ3n) is 5.20. The lowest BCUT2D eigenvalue weighted by molar-refractivity contribution is 0.306. The number of hydrogen-bond donors (Lipinski definition) is 0. The zero-order valence-corrected chi connectivity index (χ0v) is 18.5. The first-order chi connectivity index (χ1) is 14.6. The molecule has 4 nitrogen and oxygen atoms in total. The Balaban J connectivity index is 1.48. The first-order valence-electron chi connectivity index (χ1n) is 10.1. The second kappa shape index (κ2) is 9.25. The Hall–Kier alpha value is -2.28. The molecule has 6 heteroatoms. The number of hydrogen-bond acceptors (Lipinski definition) is 4. The van der Waals surface area contributed by atoms with Gasteiger partial charge in [-0.1, -0.05) is 61.5 Å². The average Bonchev–Trinajstić information content (AvgIpc) is 3.30. The lowest BCUT2D eigenvalue weighted by atomic mass is 10.2. The molecule has 0 spiro atoms. The van der Waals surface area contributed by atoms with Gasteiger partial charge in [0.15, 0.2) is 0 Å². The van der Waals surface area contributed by atoms with Crippen LogP contribution in [0.15, 0.2) is 83.8 Å². The highest BCUT2D eigenvalue weighted by Crippen LogP contribution is 2.41. The van der Waals surface area contributed by atoms with Gasteiger partial charge in [-0.15, -0.1) is 11.8 Å². The fraction of sp³-hybridized carbons (Fsp3) is 0.250. The van der Waals surface area contributed by atoms with Crippen molar-refractivity contribution in [2.75, 3.05) is 12.3 Å². The van der Waals surface area contributed by atoms with E-state index in [-0.39, 0.29) is 5.37 Å². The van der Waals surface area contributed by atoms with Crippen molar-refractivity contribution in [1.82, 2.24) is 4.31 Å². The van der Waals surface area contributed by atoms with Crippen LogP contribution in [0.4, 0.5) is 0 Å². The van der Waals surface area contributed by atoms with E-state index in [1.54, 1.807) is 28.2 Å². The van der Waals surface area contributed by atoms with Crippen molar-refractivity contribution >= 4 is 21.8 Å². The molecule has 1 aliphatic heterocycles. The third-order valence-corrected chi connectivity index (χ3v) is 8.47. The summed E-state index contributed by atoms with van der Waals surface area (Å²) in [4.78, 5) is 0.356. The fourth-order valence-electron chi connectivity index (χ4n) is 3.47. The SMILES string of the molecule is CCc1ccc(S(=O)(=O)N2CCS[C@@H]2c2ccc(OCc3ccccc3)cc2)cc1. The molecule has 1 aliphatic rings. The van der Waals surface area contributed by atoms with Gasteiger partial charge in [0.1, 0.15) is 12.4 Å². The van der Waals surface area contributed by atoms with Crippen molar-refractivity contribution in [3.8, 4) is 5.75 Å². The molecule has 1 heterocycles. The number of aryl methyl sites for hydroxylation is 1. The summed E-state index contributed by atoms with van der Waals surface area (Å²) in [6.07, 6.45) is 0.890. The molecular weight excluding hydrogens is 414 g/mol. The van der Waals surface area contributed by atoms with E-state index in [2.05, 4.69) is 6.92 Å². The Bertz CT molecular complexity index is 1070. The van der Waals surface area contributed by atoms with Crippen molar-refractivity contribution in [3.05, 3.63) is 95.6 Å². The Kier molecular flexibility index (Phi) is 6.46. The second-order valence-electron chi connectivity index (χ2n) is 7.18. The number of benzene rings is 3. The summed E-state index contributed by atoms with van der Waals surface area (Å²) in [5.41, 5.74) is 3.21. The lowest BCUT2D eigenvalue weighted by Gasteiger charge is -2.24. The van der Waals surface area contributed by atoms with Crippen LogP contribution in [0.1, 0.15) is 29.0 Å². The van der Waals surface area contributed by atoms with Gasteiger partial charge in [0.25, 0.3) is 0 Å². The van der Waals surface area contributed by atoms with Crippen molar-refractivity contribution in [2.24, 2.45) is 0 Å². The Morgan fingerprint density at radius 3 is 2.30 bits per heavy atom. The molecule has 0 saturated carbocycles. The molecule has 0 N–H and O–H groups in total. The maximum absolute atomic E-state index is 13.2. The third kappa shape index (κ3) is 4.56. The zero-order valence-electron chi connectivity index (χ0n) is 16.9. The van der Waals surface area contributed by atoms with Crippen molar-refractivity contribution < 1.29 is 13.2 Å². The summed E-state index contributed by atoms with van der Waals surface area (Å²) < 4.78 is 33.9. The van der Waals surface area contributed by atoms with Crippen LogP contribution in [0.2, 0.25) is 0 Å². The first-order valence-corrected chi connectivity index (χ1v) is 12.6. The minimum Gasteiger partial charge on any atom is -0.489 e. The summed E-state index contributed by atoms with van der Waals surface area (Å²) in [6, 6.07) is 25.0. The molecule has 156 valence electrons. The van der Waals surface area contributed by atoms with E-state index in [0.717, 1.165) is 34.6 Å². The summed E-state index contributed by atoms with van der Waals surface area (Å²) in [7, 11) is -3.54. The highest BCUT2D eigenvalue weighted by molar-refractivity contribution is 8.01. The van der Waals surface area contributed by atoms with Crippen LogP contribution in [-0.4, -0.2) is 25.0 Å². The number of ether oxygens (including phenoxy) is 1. The van der Waals surface area contributed by atoms with Crippen LogP contribution >= 0.6 is 11.8 Å². The molecule has 1 fully saturated rings. The number of nitrogens with zero attached hydrogens (tertiary/aromatic N) is 1. The van der Waals surface area contributed by atoms with Gasteiger partial charge in [-0.3, -0.25) is 0 Å². The van der Waals surface area contributed by atoms with E-state index in [9.17, 15) is 8.42 Å². The van der Waals surface area contributed by atoms with Crippen molar-refractivity contribution in [3.63, 3.8) is 0 Å². The summed E-state index contributed by atoms with van der Waals surface area (Å²) >= 11 is 1.65. The van der Waals surface area contributed by atoms with Gasteiger partial charge in [-0.05, 0) is 47.4 Å². The van der Waals surface area contributed by atoms with Crippen LogP contribution in [0, 0.1) is 0 Å². The molecule has 0 unspecified atom stereocenters. The van der Waals surface area contributed by atoms with Gasteiger partial charge in [0.2, 0.25) is 10.0 Å². The number of rotatable bonds is 7. The molecular formula is C24H25NO3S2. The monoisotopic (exact) mass is 439 g/mol. The zero-order chi connectivity index (χ0) is 21.0. The summed E-state index contributed by atoms with van der Waals surface area (Å²) in [5.74, 6) is 1.55. The van der Waals surface area contributed by atoms with E-state index >= 15 is 0 Å². The molecule has 3 aromatic carbocycles. The lowest BCUT2D eigenvalue weighted by Crippen LogP contribution is -2.30. The Morgan fingerprint density at radius 2 is 1.63 bits per heavy atom. The van der Waals surface area contributed by atoms with Gasteiger partial charge in [-0.2, -0.15) is 4.31 Å².